The van der Waals surface area contributed by atoms with Gasteiger partial charge in [0.05, 0.1) is 5.92 Å². The van der Waals surface area contributed by atoms with Gasteiger partial charge in [-0.3, -0.25) is 14.9 Å². The third-order valence-corrected chi connectivity index (χ3v) is 5.05. The SMILES string of the molecule is Cc1cccc(C2C(=O)NC(=O)CC2C2CCCCC2)c1. The van der Waals surface area contributed by atoms with Crippen molar-refractivity contribution in [2.75, 3.05) is 0 Å². The molecule has 2 aliphatic rings. The topological polar surface area (TPSA) is 46.2 Å². The van der Waals surface area contributed by atoms with Crippen LogP contribution in [0.4, 0.5) is 0 Å². The molecule has 0 radical (unpaired) electrons. The first kappa shape index (κ1) is 14.3. The number of aryl methyl sites for hydroxylation is 1. The zero-order chi connectivity index (χ0) is 14.8. The number of nitrogens with one attached hydrogen (secondary N) is 1. The first-order chi connectivity index (χ1) is 10.1. The maximum absolute atomic E-state index is 12.4. The molecule has 1 heterocycles. The van der Waals surface area contributed by atoms with E-state index in [2.05, 4.69) is 11.4 Å². The Hall–Kier alpha value is -1.64. The van der Waals surface area contributed by atoms with Gasteiger partial charge in [-0.05, 0) is 24.3 Å². The second-order valence-corrected chi connectivity index (χ2v) is 6.57. The fraction of sp³-hybridized carbons (Fsp3) is 0.556. The van der Waals surface area contributed by atoms with Crippen LogP contribution < -0.4 is 5.32 Å². The molecule has 0 spiro atoms. The van der Waals surface area contributed by atoms with Gasteiger partial charge in [0, 0.05) is 6.42 Å². The van der Waals surface area contributed by atoms with Gasteiger partial charge in [0.25, 0.3) is 0 Å². The summed E-state index contributed by atoms with van der Waals surface area (Å²) in [4.78, 5) is 24.3. The Balaban J connectivity index is 1.92. The van der Waals surface area contributed by atoms with E-state index in [-0.39, 0.29) is 23.7 Å². The molecule has 112 valence electrons. The molecule has 1 aliphatic carbocycles. The third-order valence-electron chi connectivity index (χ3n) is 5.05. The van der Waals surface area contributed by atoms with Gasteiger partial charge in [-0.1, -0.05) is 61.9 Å². The molecule has 0 bridgehead atoms. The maximum Gasteiger partial charge on any atom is 0.234 e. The summed E-state index contributed by atoms with van der Waals surface area (Å²) in [6, 6.07) is 8.18. The standard InChI is InChI=1S/C18H23NO2/c1-12-6-5-9-14(10-12)17-15(11-16(20)19-18(17)21)13-7-3-2-4-8-13/h5-6,9-10,13,15,17H,2-4,7-8,11H2,1H3,(H,19,20,21). The highest BCUT2D eigenvalue weighted by Crippen LogP contribution is 2.42. The third kappa shape index (κ3) is 3.02. The predicted octanol–water partition coefficient (Wildman–Crippen LogP) is 3.32. The van der Waals surface area contributed by atoms with E-state index in [1.165, 1.54) is 24.8 Å². The van der Waals surface area contributed by atoms with Gasteiger partial charge in [-0.2, -0.15) is 0 Å². The van der Waals surface area contributed by atoms with Crippen molar-refractivity contribution in [2.24, 2.45) is 11.8 Å². The average molecular weight is 285 g/mol. The van der Waals surface area contributed by atoms with E-state index in [1.54, 1.807) is 0 Å². The van der Waals surface area contributed by atoms with E-state index in [4.69, 9.17) is 0 Å². The number of imide groups is 1. The minimum atomic E-state index is -0.161. The zero-order valence-corrected chi connectivity index (χ0v) is 12.6. The van der Waals surface area contributed by atoms with Gasteiger partial charge >= 0.3 is 0 Å². The van der Waals surface area contributed by atoms with Crippen molar-refractivity contribution in [3.05, 3.63) is 35.4 Å². The molecule has 3 rings (SSSR count). The predicted molar refractivity (Wildman–Crippen MR) is 81.8 cm³/mol. The summed E-state index contributed by atoms with van der Waals surface area (Å²) in [7, 11) is 0. The number of piperidine rings is 1. The number of rotatable bonds is 2. The lowest BCUT2D eigenvalue weighted by Gasteiger charge is -2.37. The fourth-order valence-corrected chi connectivity index (χ4v) is 4.06. The Labute approximate surface area is 126 Å². The molecule has 1 N–H and O–H groups in total. The molecule has 21 heavy (non-hydrogen) atoms. The minimum absolute atomic E-state index is 0.0977. The molecule has 2 unspecified atom stereocenters. The van der Waals surface area contributed by atoms with Crippen molar-refractivity contribution in [2.45, 2.75) is 51.4 Å². The second kappa shape index (κ2) is 6.00. The normalized spacial score (nSPS) is 27.5. The molecular formula is C18H23NO2. The molecule has 1 aliphatic heterocycles. The van der Waals surface area contributed by atoms with Crippen molar-refractivity contribution in [1.82, 2.24) is 5.32 Å². The maximum atomic E-state index is 12.4. The summed E-state index contributed by atoms with van der Waals surface area (Å²) in [6.07, 6.45) is 6.57. The zero-order valence-electron chi connectivity index (χ0n) is 12.6. The Morgan fingerprint density at radius 3 is 2.57 bits per heavy atom. The molecule has 3 heteroatoms. The second-order valence-electron chi connectivity index (χ2n) is 6.57. The van der Waals surface area contributed by atoms with Crippen LogP contribution in [0.15, 0.2) is 24.3 Å². The Bertz CT molecular complexity index is 546. The summed E-state index contributed by atoms with van der Waals surface area (Å²) in [5, 5.41) is 2.54. The Morgan fingerprint density at radius 1 is 1.10 bits per heavy atom. The minimum Gasteiger partial charge on any atom is -0.296 e. The highest BCUT2D eigenvalue weighted by molar-refractivity contribution is 6.01. The lowest BCUT2D eigenvalue weighted by Crippen LogP contribution is -2.46. The van der Waals surface area contributed by atoms with E-state index >= 15 is 0 Å². The lowest BCUT2D eigenvalue weighted by molar-refractivity contribution is -0.137. The van der Waals surface area contributed by atoms with E-state index in [0.717, 1.165) is 18.4 Å². The van der Waals surface area contributed by atoms with Crippen LogP contribution in [0.1, 0.15) is 55.6 Å². The van der Waals surface area contributed by atoms with Crippen LogP contribution in [0.25, 0.3) is 0 Å². The van der Waals surface area contributed by atoms with Gasteiger partial charge in [0.1, 0.15) is 0 Å². The Morgan fingerprint density at radius 2 is 1.86 bits per heavy atom. The van der Waals surface area contributed by atoms with Crippen LogP contribution in [-0.2, 0) is 9.59 Å². The van der Waals surface area contributed by atoms with Crippen molar-refractivity contribution >= 4 is 11.8 Å². The molecule has 1 aromatic carbocycles. The number of hydrogen-bond acceptors (Lipinski definition) is 2. The fourth-order valence-electron chi connectivity index (χ4n) is 4.06. The monoisotopic (exact) mass is 285 g/mol. The van der Waals surface area contributed by atoms with Gasteiger partial charge in [-0.15, -0.1) is 0 Å². The summed E-state index contributed by atoms with van der Waals surface area (Å²) in [6.45, 7) is 2.05. The van der Waals surface area contributed by atoms with Crippen LogP contribution in [0.2, 0.25) is 0 Å². The first-order valence-electron chi connectivity index (χ1n) is 8.05. The van der Waals surface area contributed by atoms with Crippen LogP contribution >= 0.6 is 0 Å². The quantitative estimate of drug-likeness (QED) is 0.847. The molecule has 3 nitrogen and oxygen atoms in total. The summed E-state index contributed by atoms with van der Waals surface area (Å²) in [5.41, 5.74) is 2.23. The van der Waals surface area contributed by atoms with E-state index in [1.807, 2.05) is 25.1 Å². The Kier molecular flexibility index (Phi) is 4.09. The van der Waals surface area contributed by atoms with Crippen LogP contribution in [0.3, 0.4) is 0 Å². The van der Waals surface area contributed by atoms with Gasteiger partial charge in [0.15, 0.2) is 0 Å². The first-order valence-corrected chi connectivity index (χ1v) is 8.05. The van der Waals surface area contributed by atoms with Crippen molar-refractivity contribution in [3.63, 3.8) is 0 Å². The van der Waals surface area contributed by atoms with Crippen molar-refractivity contribution in [1.29, 1.82) is 0 Å². The highest BCUT2D eigenvalue weighted by Gasteiger charge is 2.41. The summed E-state index contributed by atoms with van der Waals surface area (Å²) >= 11 is 0. The van der Waals surface area contributed by atoms with Crippen LogP contribution in [0.5, 0.6) is 0 Å². The molecule has 1 saturated heterocycles. The number of benzene rings is 1. The summed E-state index contributed by atoms with van der Waals surface area (Å²) in [5.74, 6) is 0.324. The van der Waals surface area contributed by atoms with E-state index < -0.39 is 0 Å². The average Bonchev–Trinajstić information content (AvgIpc) is 2.47. The molecule has 2 amide bonds. The summed E-state index contributed by atoms with van der Waals surface area (Å²) < 4.78 is 0. The molecule has 2 atom stereocenters. The molecule has 2 fully saturated rings. The van der Waals surface area contributed by atoms with Gasteiger partial charge in [0.2, 0.25) is 11.8 Å². The van der Waals surface area contributed by atoms with Crippen LogP contribution in [0, 0.1) is 18.8 Å². The van der Waals surface area contributed by atoms with Gasteiger partial charge < -0.3 is 0 Å². The largest absolute Gasteiger partial charge is 0.296 e. The number of amides is 2. The molecular weight excluding hydrogens is 262 g/mol. The molecule has 1 aromatic rings. The number of hydrogen-bond donors (Lipinski definition) is 1. The lowest BCUT2D eigenvalue weighted by atomic mass is 9.68. The van der Waals surface area contributed by atoms with E-state index in [0.29, 0.717) is 12.3 Å². The van der Waals surface area contributed by atoms with Crippen LogP contribution in [-0.4, -0.2) is 11.8 Å². The molecule has 1 saturated carbocycles. The smallest absolute Gasteiger partial charge is 0.234 e. The van der Waals surface area contributed by atoms with Crippen molar-refractivity contribution in [3.8, 4) is 0 Å². The molecule has 0 aromatic heterocycles. The van der Waals surface area contributed by atoms with Crippen molar-refractivity contribution < 1.29 is 9.59 Å². The highest BCUT2D eigenvalue weighted by atomic mass is 16.2. The van der Waals surface area contributed by atoms with E-state index in [9.17, 15) is 9.59 Å². The van der Waals surface area contributed by atoms with Gasteiger partial charge in [-0.25, -0.2) is 0 Å². The number of carbonyl (C=O) groups excluding carboxylic acids is 2. The number of carbonyl (C=O) groups is 2.